The lowest BCUT2D eigenvalue weighted by molar-refractivity contribution is -0.292. The minimum atomic E-state index is -0.530. The zero-order valence-corrected chi connectivity index (χ0v) is 12.2. The maximum absolute atomic E-state index is 10.4. The van der Waals surface area contributed by atoms with E-state index < -0.39 is 5.79 Å². The van der Waals surface area contributed by atoms with Crippen LogP contribution in [0.4, 0.5) is 0 Å². The van der Waals surface area contributed by atoms with Crippen LogP contribution in [-0.4, -0.2) is 48.2 Å². The number of rotatable bonds is 2. The van der Waals surface area contributed by atoms with Gasteiger partial charge in [0.15, 0.2) is 5.79 Å². The highest BCUT2D eigenvalue weighted by Gasteiger charge is 2.50. The van der Waals surface area contributed by atoms with Crippen molar-refractivity contribution < 1.29 is 14.6 Å². The Bertz CT molecular complexity index is 450. The number of nitrogens with zero attached hydrogens (tertiary/aromatic N) is 1. The van der Waals surface area contributed by atoms with E-state index in [1.54, 1.807) is 0 Å². The third-order valence-electron chi connectivity index (χ3n) is 4.34. The van der Waals surface area contributed by atoms with Gasteiger partial charge in [-0.3, -0.25) is 4.90 Å². The zero-order valence-electron chi connectivity index (χ0n) is 12.2. The Labute approximate surface area is 120 Å². The molecule has 20 heavy (non-hydrogen) atoms. The smallest absolute Gasteiger partial charge is 0.162 e. The molecule has 110 valence electrons. The van der Waals surface area contributed by atoms with Crippen LogP contribution in [0.1, 0.15) is 19.4 Å². The van der Waals surface area contributed by atoms with Crippen molar-refractivity contribution in [2.75, 3.05) is 26.3 Å². The number of hydrogen-bond donors (Lipinski definition) is 1. The van der Waals surface area contributed by atoms with E-state index in [1.807, 2.05) is 32.0 Å². The third kappa shape index (κ3) is 2.74. The molecule has 1 N–H and O–H groups in total. The molecule has 4 nitrogen and oxygen atoms in total. The van der Waals surface area contributed by atoms with Crippen molar-refractivity contribution in [3.63, 3.8) is 0 Å². The Balaban J connectivity index is 1.65. The minimum absolute atomic E-state index is 0.274. The van der Waals surface area contributed by atoms with Gasteiger partial charge in [0.25, 0.3) is 0 Å². The molecule has 1 spiro atoms. The molecule has 1 aromatic carbocycles. The molecule has 2 aliphatic rings. The lowest BCUT2D eigenvalue weighted by Crippen LogP contribution is -2.52. The molecule has 2 heterocycles. The molecule has 0 radical (unpaired) electrons. The van der Waals surface area contributed by atoms with Crippen LogP contribution in [0.5, 0.6) is 0 Å². The summed E-state index contributed by atoms with van der Waals surface area (Å²) in [6.45, 7) is 7.33. The van der Waals surface area contributed by atoms with E-state index in [2.05, 4.69) is 17.0 Å². The fourth-order valence-corrected chi connectivity index (χ4v) is 3.02. The van der Waals surface area contributed by atoms with Crippen LogP contribution in [0.25, 0.3) is 0 Å². The van der Waals surface area contributed by atoms with Gasteiger partial charge in [0.1, 0.15) is 0 Å². The van der Waals surface area contributed by atoms with E-state index in [4.69, 9.17) is 9.47 Å². The largest absolute Gasteiger partial charge is 0.391 e. The van der Waals surface area contributed by atoms with Gasteiger partial charge in [-0.1, -0.05) is 30.3 Å². The molecule has 0 amide bonds. The molecule has 0 saturated carbocycles. The number of benzene rings is 1. The van der Waals surface area contributed by atoms with E-state index in [1.165, 1.54) is 5.56 Å². The molecule has 0 aromatic heterocycles. The van der Waals surface area contributed by atoms with E-state index in [9.17, 15) is 5.11 Å². The molecule has 0 aliphatic carbocycles. The van der Waals surface area contributed by atoms with Crippen molar-refractivity contribution in [1.29, 1.82) is 0 Å². The molecular weight excluding hydrogens is 254 g/mol. The molecule has 2 aliphatic heterocycles. The lowest BCUT2D eigenvalue weighted by Gasteiger charge is -2.42. The van der Waals surface area contributed by atoms with E-state index in [0.717, 1.165) is 13.1 Å². The van der Waals surface area contributed by atoms with Gasteiger partial charge in [0.05, 0.1) is 24.7 Å². The van der Waals surface area contributed by atoms with Crippen molar-refractivity contribution in [2.45, 2.75) is 32.3 Å². The van der Waals surface area contributed by atoms with Crippen molar-refractivity contribution in [3.8, 4) is 0 Å². The summed E-state index contributed by atoms with van der Waals surface area (Å²) < 4.78 is 11.5. The quantitative estimate of drug-likeness (QED) is 0.892. The summed E-state index contributed by atoms with van der Waals surface area (Å²) in [7, 11) is 0. The van der Waals surface area contributed by atoms with Crippen molar-refractivity contribution in [1.82, 2.24) is 4.90 Å². The highest BCUT2D eigenvalue weighted by atomic mass is 16.7. The van der Waals surface area contributed by atoms with Crippen LogP contribution in [0, 0.1) is 5.41 Å². The van der Waals surface area contributed by atoms with Gasteiger partial charge in [-0.05, 0) is 19.4 Å². The Morgan fingerprint density at radius 2 is 1.85 bits per heavy atom. The minimum Gasteiger partial charge on any atom is -0.391 e. The molecule has 0 bridgehead atoms. The Kier molecular flexibility index (Phi) is 3.58. The summed E-state index contributed by atoms with van der Waals surface area (Å²) in [5, 5.41) is 10.4. The van der Waals surface area contributed by atoms with Crippen LogP contribution in [0.3, 0.4) is 0 Å². The Hall–Kier alpha value is -0.940. The highest BCUT2D eigenvalue weighted by molar-refractivity contribution is 5.15. The van der Waals surface area contributed by atoms with Crippen LogP contribution >= 0.6 is 0 Å². The SMILES string of the molecule is CC1(C)OCC2(CO1)CN(Cc1ccccc1)CC2O. The van der Waals surface area contributed by atoms with Gasteiger partial charge < -0.3 is 14.6 Å². The number of likely N-dealkylation sites (tertiary alicyclic amines) is 1. The highest BCUT2D eigenvalue weighted by Crippen LogP contribution is 2.38. The predicted molar refractivity (Wildman–Crippen MR) is 76.1 cm³/mol. The predicted octanol–water partition coefficient (Wildman–Crippen LogP) is 1.63. The topological polar surface area (TPSA) is 41.9 Å². The second-order valence-electron chi connectivity index (χ2n) is 6.51. The zero-order chi connectivity index (χ0) is 14.2. The van der Waals surface area contributed by atoms with Gasteiger partial charge >= 0.3 is 0 Å². The summed E-state index contributed by atoms with van der Waals surface area (Å²) in [5.41, 5.74) is 0.999. The molecule has 3 rings (SSSR count). The number of aliphatic hydroxyl groups excluding tert-OH is 1. The number of ether oxygens (including phenoxy) is 2. The monoisotopic (exact) mass is 277 g/mol. The van der Waals surface area contributed by atoms with E-state index in [0.29, 0.717) is 19.8 Å². The van der Waals surface area contributed by atoms with Crippen molar-refractivity contribution >= 4 is 0 Å². The van der Waals surface area contributed by atoms with E-state index in [-0.39, 0.29) is 11.5 Å². The first kappa shape index (κ1) is 14.0. The second kappa shape index (κ2) is 5.11. The Morgan fingerprint density at radius 1 is 1.20 bits per heavy atom. The fourth-order valence-electron chi connectivity index (χ4n) is 3.02. The number of hydrogen-bond acceptors (Lipinski definition) is 4. The summed E-state index contributed by atoms with van der Waals surface area (Å²) in [6.07, 6.45) is -0.387. The van der Waals surface area contributed by atoms with E-state index >= 15 is 0 Å². The second-order valence-corrected chi connectivity index (χ2v) is 6.51. The van der Waals surface area contributed by atoms with Gasteiger partial charge in [-0.2, -0.15) is 0 Å². The summed E-state index contributed by atoms with van der Waals surface area (Å²) in [5.74, 6) is -0.530. The maximum atomic E-state index is 10.4. The van der Waals surface area contributed by atoms with Crippen molar-refractivity contribution in [3.05, 3.63) is 35.9 Å². The summed E-state index contributed by atoms with van der Waals surface area (Å²) in [6, 6.07) is 10.4. The third-order valence-corrected chi connectivity index (χ3v) is 4.34. The number of β-amino-alcohol motifs (C(OH)–C–C–N with tert-alkyl or cyclic N) is 1. The van der Waals surface area contributed by atoms with Gasteiger partial charge in [-0.25, -0.2) is 0 Å². The molecule has 2 fully saturated rings. The molecule has 1 atom stereocenters. The van der Waals surface area contributed by atoms with Crippen molar-refractivity contribution in [2.24, 2.45) is 5.41 Å². The van der Waals surface area contributed by atoms with Gasteiger partial charge in [0.2, 0.25) is 0 Å². The van der Waals surface area contributed by atoms with Crippen LogP contribution in [0.15, 0.2) is 30.3 Å². The molecule has 1 aromatic rings. The lowest BCUT2D eigenvalue weighted by atomic mass is 9.85. The Morgan fingerprint density at radius 3 is 2.50 bits per heavy atom. The number of aliphatic hydroxyl groups is 1. The first-order valence-corrected chi connectivity index (χ1v) is 7.21. The van der Waals surface area contributed by atoms with Gasteiger partial charge in [0, 0.05) is 19.6 Å². The fraction of sp³-hybridized carbons (Fsp3) is 0.625. The summed E-state index contributed by atoms with van der Waals surface area (Å²) in [4.78, 5) is 2.28. The molecule has 1 unspecified atom stereocenters. The maximum Gasteiger partial charge on any atom is 0.162 e. The average molecular weight is 277 g/mol. The van der Waals surface area contributed by atoms with Crippen LogP contribution in [-0.2, 0) is 16.0 Å². The molecule has 4 heteroatoms. The van der Waals surface area contributed by atoms with Crippen LogP contribution in [0.2, 0.25) is 0 Å². The first-order valence-electron chi connectivity index (χ1n) is 7.21. The average Bonchev–Trinajstić information content (AvgIpc) is 2.71. The van der Waals surface area contributed by atoms with Crippen LogP contribution < -0.4 is 0 Å². The normalized spacial score (nSPS) is 28.9. The summed E-state index contributed by atoms with van der Waals surface area (Å²) >= 11 is 0. The molecular formula is C16H23NO3. The van der Waals surface area contributed by atoms with Gasteiger partial charge in [-0.15, -0.1) is 0 Å². The standard InChI is InChI=1S/C16H23NO3/c1-15(2)19-11-16(12-20-15)10-17(9-14(16)18)8-13-6-4-3-5-7-13/h3-7,14,18H,8-12H2,1-2H3. The molecule has 2 saturated heterocycles. The first-order chi connectivity index (χ1) is 9.49.